The van der Waals surface area contributed by atoms with E-state index in [4.69, 9.17) is 4.74 Å². The van der Waals surface area contributed by atoms with Crippen LogP contribution < -0.4 is 9.64 Å². The fraction of sp³-hybridized carbons (Fsp3) is 0.200. The molecule has 1 aromatic heterocycles. The summed E-state index contributed by atoms with van der Waals surface area (Å²) < 4.78 is 32.0. The summed E-state index contributed by atoms with van der Waals surface area (Å²) >= 11 is 1.30. The van der Waals surface area contributed by atoms with Crippen molar-refractivity contribution in [2.45, 2.75) is 27.4 Å². The van der Waals surface area contributed by atoms with Crippen molar-refractivity contribution in [3.05, 3.63) is 70.2 Å². The highest BCUT2D eigenvalue weighted by atomic mass is 32.1. The summed E-state index contributed by atoms with van der Waals surface area (Å²) in [6, 6.07) is 8.87. The zero-order valence-corrected chi connectivity index (χ0v) is 15.9. The van der Waals surface area contributed by atoms with Crippen molar-refractivity contribution in [1.82, 2.24) is 4.98 Å². The topological polar surface area (TPSA) is 42.4 Å². The molecule has 0 aliphatic carbocycles. The van der Waals surface area contributed by atoms with Crippen molar-refractivity contribution in [2.75, 3.05) is 4.90 Å². The maximum absolute atomic E-state index is 13.7. The summed E-state index contributed by atoms with van der Waals surface area (Å²) in [5.74, 6) is -1.65. The van der Waals surface area contributed by atoms with E-state index in [9.17, 15) is 13.6 Å². The summed E-state index contributed by atoms with van der Waals surface area (Å²) in [6.07, 6.45) is 0. The Morgan fingerprint density at radius 2 is 2.00 bits per heavy atom. The van der Waals surface area contributed by atoms with Crippen LogP contribution in [0.2, 0.25) is 0 Å². The Morgan fingerprint density at radius 1 is 1.22 bits per heavy atom. The Hall–Kier alpha value is -2.80. The Kier molecular flexibility index (Phi) is 5.51. The molecule has 0 saturated carbocycles. The van der Waals surface area contributed by atoms with Crippen molar-refractivity contribution in [3.63, 3.8) is 0 Å². The first-order chi connectivity index (χ1) is 12.9. The van der Waals surface area contributed by atoms with Gasteiger partial charge in [-0.3, -0.25) is 9.69 Å². The van der Waals surface area contributed by atoms with E-state index >= 15 is 0 Å². The minimum Gasteiger partial charge on any atom is -0.484 e. The average Bonchev–Trinajstić information content (AvgIpc) is 3.06. The van der Waals surface area contributed by atoms with Crippen molar-refractivity contribution in [3.8, 4) is 5.75 Å². The van der Waals surface area contributed by atoms with Crippen LogP contribution in [-0.4, -0.2) is 10.9 Å². The van der Waals surface area contributed by atoms with Gasteiger partial charge in [-0.1, -0.05) is 12.1 Å². The van der Waals surface area contributed by atoms with Gasteiger partial charge in [0.15, 0.2) is 16.7 Å². The van der Waals surface area contributed by atoms with Gasteiger partial charge in [0.1, 0.15) is 12.4 Å². The molecule has 140 valence electrons. The van der Waals surface area contributed by atoms with Gasteiger partial charge in [-0.05, 0) is 43.2 Å². The molecule has 4 nitrogen and oxygen atoms in total. The van der Waals surface area contributed by atoms with E-state index in [1.54, 1.807) is 10.3 Å². The van der Waals surface area contributed by atoms with Gasteiger partial charge >= 0.3 is 0 Å². The Balaban J connectivity index is 1.82. The summed E-state index contributed by atoms with van der Waals surface area (Å²) in [5.41, 5.74) is 3.39. The van der Waals surface area contributed by atoms with Crippen molar-refractivity contribution in [1.29, 1.82) is 0 Å². The molecule has 0 atom stereocenters. The number of carbonyl (C=O) groups excluding carboxylic acids is 1. The van der Waals surface area contributed by atoms with Crippen molar-refractivity contribution in [2.24, 2.45) is 0 Å². The number of ether oxygens (including phenoxy) is 1. The molecule has 1 heterocycles. The van der Waals surface area contributed by atoms with E-state index in [0.717, 1.165) is 28.9 Å². The number of rotatable bonds is 5. The van der Waals surface area contributed by atoms with Gasteiger partial charge in [-0.2, -0.15) is 0 Å². The predicted molar refractivity (Wildman–Crippen MR) is 102 cm³/mol. The zero-order valence-electron chi connectivity index (χ0n) is 15.1. The van der Waals surface area contributed by atoms with Crippen LogP contribution in [0.3, 0.4) is 0 Å². The molecule has 27 heavy (non-hydrogen) atoms. The number of aryl methyl sites for hydroxylation is 1. The molecule has 0 bridgehead atoms. The third kappa shape index (κ3) is 4.14. The fourth-order valence-corrected chi connectivity index (χ4v) is 3.46. The van der Waals surface area contributed by atoms with E-state index in [1.165, 1.54) is 24.3 Å². The van der Waals surface area contributed by atoms with E-state index in [2.05, 4.69) is 4.98 Å². The number of thiazole rings is 1. The highest BCUT2D eigenvalue weighted by molar-refractivity contribution is 7.14. The fourth-order valence-electron chi connectivity index (χ4n) is 2.59. The highest BCUT2D eigenvalue weighted by Gasteiger charge is 2.20. The van der Waals surface area contributed by atoms with E-state index in [-0.39, 0.29) is 18.3 Å². The molecule has 0 unspecified atom stereocenters. The molecular formula is C20H18F2N2O2S. The highest BCUT2D eigenvalue weighted by Crippen LogP contribution is 2.32. The summed E-state index contributed by atoms with van der Waals surface area (Å²) in [5, 5.41) is 2.26. The maximum atomic E-state index is 13.7. The second-order valence-electron chi connectivity index (χ2n) is 6.06. The molecule has 0 fully saturated rings. The lowest BCUT2D eigenvalue weighted by Crippen LogP contribution is -2.23. The third-order valence-corrected chi connectivity index (χ3v) is 5.01. The van der Waals surface area contributed by atoms with Gasteiger partial charge in [0, 0.05) is 18.4 Å². The molecule has 1 amide bonds. The van der Waals surface area contributed by atoms with Crippen LogP contribution in [-0.2, 0) is 11.4 Å². The van der Waals surface area contributed by atoms with E-state index in [0.29, 0.717) is 10.8 Å². The molecule has 0 spiro atoms. The quantitative estimate of drug-likeness (QED) is 0.595. The lowest BCUT2D eigenvalue weighted by Gasteiger charge is -2.21. The normalized spacial score (nSPS) is 10.7. The van der Waals surface area contributed by atoms with Crippen LogP contribution in [0, 0.1) is 25.5 Å². The van der Waals surface area contributed by atoms with Crippen LogP contribution in [0.25, 0.3) is 0 Å². The molecule has 3 rings (SSSR count). The summed E-state index contributed by atoms with van der Waals surface area (Å²) in [6.45, 7) is 5.43. The molecule has 3 aromatic rings. The number of hydrogen-bond donors (Lipinski definition) is 0. The first-order valence-electron chi connectivity index (χ1n) is 8.26. The number of nitrogens with zero attached hydrogens (tertiary/aromatic N) is 2. The standard InChI is InChI=1S/C20H18F2N2O2S/c1-12-5-4-6-18(13(12)2)24(14(3)25)20-23-16(11-27-20)10-26-19-8-7-15(21)9-17(19)22/h4-9,11H,10H2,1-3H3. The monoisotopic (exact) mass is 388 g/mol. The van der Waals surface area contributed by atoms with Crippen LogP contribution in [0.15, 0.2) is 41.8 Å². The lowest BCUT2D eigenvalue weighted by atomic mass is 10.1. The molecule has 7 heteroatoms. The molecule has 0 N–H and O–H groups in total. The minimum atomic E-state index is -0.772. The van der Waals surface area contributed by atoms with E-state index in [1.807, 2.05) is 32.0 Å². The SMILES string of the molecule is CC(=O)N(c1nc(COc2ccc(F)cc2F)cs1)c1cccc(C)c1C. The smallest absolute Gasteiger partial charge is 0.230 e. The number of carbonyl (C=O) groups is 1. The van der Waals surface area contributed by atoms with Crippen LogP contribution in [0.5, 0.6) is 5.75 Å². The van der Waals surface area contributed by atoms with Gasteiger partial charge < -0.3 is 4.74 Å². The van der Waals surface area contributed by atoms with Crippen molar-refractivity contribution < 1.29 is 18.3 Å². The van der Waals surface area contributed by atoms with E-state index < -0.39 is 11.6 Å². The number of aromatic nitrogens is 1. The Morgan fingerprint density at radius 3 is 2.70 bits per heavy atom. The Labute approximate surface area is 160 Å². The predicted octanol–water partition coefficient (Wildman–Crippen LogP) is 5.30. The Bertz CT molecular complexity index is 988. The zero-order chi connectivity index (χ0) is 19.6. The van der Waals surface area contributed by atoms with Crippen molar-refractivity contribution >= 4 is 28.1 Å². The van der Waals surface area contributed by atoms with Crippen LogP contribution >= 0.6 is 11.3 Å². The summed E-state index contributed by atoms with van der Waals surface area (Å²) in [4.78, 5) is 18.2. The van der Waals surface area contributed by atoms with Crippen LogP contribution in [0.1, 0.15) is 23.7 Å². The molecular weight excluding hydrogens is 370 g/mol. The molecule has 2 aromatic carbocycles. The van der Waals surface area contributed by atoms with Gasteiger partial charge in [0.2, 0.25) is 5.91 Å². The molecule has 0 aliphatic heterocycles. The van der Waals surface area contributed by atoms with Crippen LogP contribution in [0.4, 0.5) is 19.6 Å². The van der Waals surface area contributed by atoms with Gasteiger partial charge in [-0.25, -0.2) is 13.8 Å². The van der Waals surface area contributed by atoms with Gasteiger partial charge in [0.25, 0.3) is 0 Å². The average molecular weight is 388 g/mol. The van der Waals surface area contributed by atoms with Gasteiger partial charge in [0.05, 0.1) is 11.4 Å². The molecule has 0 aliphatic rings. The number of benzene rings is 2. The lowest BCUT2D eigenvalue weighted by molar-refractivity contribution is -0.115. The maximum Gasteiger partial charge on any atom is 0.230 e. The third-order valence-electron chi connectivity index (χ3n) is 4.13. The largest absolute Gasteiger partial charge is 0.484 e. The van der Waals surface area contributed by atoms with Gasteiger partial charge in [-0.15, -0.1) is 11.3 Å². The number of halogens is 2. The molecule has 0 radical (unpaired) electrons. The number of hydrogen-bond acceptors (Lipinski definition) is 4. The first kappa shape index (κ1) is 19.0. The number of anilines is 2. The summed E-state index contributed by atoms with van der Waals surface area (Å²) in [7, 11) is 0. The second kappa shape index (κ2) is 7.84. The second-order valence-corrected chi connectivity index (χ2v) is 6.89. The molecule has 0 saturated heterocycles. The number of amides is 1. The minimum absolute atomic E-state index is 0.0115. The first-order valence-corrected chi connectivity index (χ1v) is 9.14.